The van der Waals surface area contributed by atoms with Gasteiger partial charge in [-0.25, -0.2) is 0 Å². The molecule has 2 nitrogen and oxygen atoms in total. The van der Waals surface area contributed by atoms with Gasteiger partial charge in [0.05, 0.1) is 11.9 Å². The lowest BCUT2D eigenvalue weighted by Gasteiger charge is -2.08. The zero-order valence-electron chi connectivity index (χ0n) is 16.6. The van der Waals surface area contributed by atoms with Gasteiger partial charge in [0.1, 0.15) is 11.3 Å². The Labute approximate surface area is 166 Å². The Morgan fingerprint density at radius 2 is 1.61 bits per heavy atom. The van der Waals surface area contributed by atoms with Gasteiger partial charge in [0, 0.05) is 17.0 Å². The minimum absolute atomic E-state index is 0.516. The van der Waals surface area contributed by atoms with Gasteiger partial charge in [0.2, 0.25) is 0 Å². The lowest BCUT2D eigenvalue weighted by molar-refractivity contribution is 0.617. The summed E-state index contributed by atoms with van der Waals surface area (Å²) in [5.41, 5.74) is 5.67. The van der Waals surface area contributed by atoms with Crippen molar-refractivity contribution in [1.29, 1.82) is 0 Å². The van der Waals surface area contributed by atoms with E-state index >= 15 is 0 Å². The van der Waals surface area contributed by atoms with E-state index in [4.69, 9.17) is 9.41 Å². The third-order valence-electron chi connectivity index (χ3n) is 5.04. The van der Waals surface area contributed by atoms with Gasteiger partial charge < -0.3 is 4.42 Å². The fraction of sp³-hybridized carbons (Fsp3) is 0.192. The summed E-state index contributed by atoms with van der Waals surface area (Å²) in [5.74, 6) is 1.36. The van der Waals surface area contributed by atoms with Crippen LogP contribution in [0.2, 0.25) is 0 Å². The number of fused-ring (bicyclic) bond motifs is 1. The highest BCUT2D eigenvalue weighted by Crippen LogP contribution is 2.25. The molecule has 0 aliphatic rings. The molecule has 140 valence electrons. The number of rotatable bonds is 4. The Morgan fingerprint density at radius 1 is 0.857 bits per heavy atom. The second-order valence-electron chi connectivity index (χ2n) is 7.57. The van der Waals surface area contributed by atoms with Crippen LogP contribution >= 0.6 is 0 Å². The minimum atomic E-state index is 0.516. The van der Waals surface area contributed by atoms with Crippen LogP contribution < -0.4 is 5.36 Å². The molecule has 28 heavy (non-hydrogen) atoms. The number of nitrogens with zero attached hydrogens (tertiary/aromatic N) is 1. The van der Waals surface area contributed by atoms with Gasteiger partial charge in [-0.05, 0) is 36.1 Å². The zero-order chi connectivity index (χ0) is 19.5. The molecule has 0 atom stereocenters. The Bertz CT molecular complexity index is 1150. The topological polar surface area (TPSA) is 25.5 Å². The summed E-state index contributed by atoms with van der Waals surface area (Å²) in [5, 5.41) is 2.02. The molecule has 0 aliphatic heterocycles. The molecule has 0 spiro atoms. The van der Waals surface area contributed by atoms with Crippen molar-refractivity contribution in [3.05, 3.63) is 101 Å². The standard InChI is InChI=1S/C26H25NO/c1-18(2)21-10-12-22(13-11-21)26-16-24(27-17-20-7-5-4-6-8-20)23-15-19(3)9-14-25(23)28-26/h4-16,18H,17H2,1-3H3. The molecule has 0 fully saturated rings. The van der Waals surface area contributed by atoms with Gasteiger partial charge in [0.25, 0.3) is 0 Å². The Morgan fingerprint density at radius 3 is 2.32 bits per heavy atom. The average Bonchev–Trinajstić information content (AvgIpc) is 2.73. The Balaban J connectivity index is 1.83. The first kappa shape index (κ1) is 18.2. The first-order valence-electron chi connectivity index (χ1n) is 9.79. The Hall–Kier alpha value is -3.13. The van der Waals surface area contributed by atoms with Crippen LogP contribution in [0.25, 0.3) is 22.3 Å². The highest BCUT2D eigenvalue weighted by Gasteiger charge is 2.07. The maximum atomic E-state index is 6.24. The van der Waals surface area contributed by atoms with Crippen LogP contribution in [-0.4, -0.2) is 0 Å². The smallest absolute Gasteiger partial charge is 0.136 e. The summed E-state index contributed by atoms with van der Waals surface area (Å²) in [6, 6.07) is 27.3. The molecule has 4 rings (SSSR count). The fourth-order valence-corrected chi connectivity index (χ4v) is 3.35. The summed E-state index contributed by atoms with van der Waals surface area (Å²) in [4.78, 5) is 4.92. The van der Waals surface area contributed by atoms with Gasteiger partial charge in [-0.2, -0.15) is 0 Å². The van der Waals surface area contributed by atoms with Gasteiger partial charge in [-0.1, -0.05) is 80.1 Å². The molecule has 0 amide bonds. The Kier molecular flexibility index (Phi) is 5.12. The molecule has 0 N–H and O–H groups in total. The summed E-state index contributed by atoms with van der Waals surface area (Å²) >= 11 is 0. The van der Waals surface area contributed by atoms with Crippen molar-refractivity contribution >= 4 is 11.0 Å². The third kappa shape index (κ3) is 3.91. The largest absolute Gasteiger partial charge is 0.456 e. The van der Waals surface area contributed by atoms with Crippen molar-refractivity contribution in [2.45, 2.75) is 33.2 Å². The van der Waals surface area contributed by atoms with Gasteiger partial charge in [-0.15, -0.1) is 0 Å². The predicted molar refractivity (Wildman–Crippen MR) is 116 cm³/mol. The van der Waals surface area contributed by atoms with Crippen molar-refractivity contribution in [3.63, 3.8) is 0 Å². The maximum absolute atomic E-state index is 6.24. The molecule has 3 aromatic carbocycles. The first-order valence-corrected chi connectivity index (χ1v) is 9.79. The van der Waals surface area contributed by atoms with Crippen molar-refractivity contribution in [3.8, 4) is 11.3 Å². The normalized spacial score (nSPS) is 12.1. The molecule has 0 bridgehead atoms. The first-order chi connectivity index (χ1) is 13.6. The molecule has 2 heteroatoms. The molecule has 0 saturated heterocycles. The van der Waals surface area contributed by atoms with Gasteiger partial charge in [-0.3, -0.25) is 4.99 Å². The van der Waals surface area contributed by atoms with Crippen molar-refractivity contribution in [2.24, 2.45) is 4.99 Å². The molecule has 4 aromatic rings. The van der Waals surface area contributed by atoms with Crippen LogP contribution in [-0.2, 0) is 6.54 Å². The second kappa shape index (κ2) is 7.85. The van der Waals surface area contributed by atoms with Crippen molar-refractivity contribution < 1.29 is 4.42 Å². The van der Waals surface area contributed by atoms with Crippen molar-refractivity contribution in [1.82, 2.24) is 0 Å². The van der Waals surface area contributed by atoms with Crippen LogP contribution in [0.15, 0.2) is 88.3 Å². The zero-order valence-corrected chi connectivity index (χ0v) is 16.6. The highest BCUT2D eigenvalue weighted by molar-refractivity contribution is 5.79. The number of hydrogen-bond donors (Lipinski definition) is 0. The van der Waals surface area contributed by atoms with E-state index in [1.54, 1.807) is 0 Å². The number of benzene rings is 3. The SMILES string of the molecule is Cc1ccc2oc(-c3ccc(C(C)C)cc3)cc(=NCc3ccccc3)c2c1. The van der Waals surface area contributed by atoms with Crippen LogP contribution in [0.3, 0.4) is 0 Å². The maximum Gasteiger partial charge on any atom is 0.136 e. The van der Waals surface area contributed by atoms with Crippen LogP contribution in [0.1, 0.15) is 36.5 Å². The van der Waals surface area contributed by atoms with E-state index in [-0.39, 0.29) is 0 Å². The van der Waals surface area contributed by atoms with E-state index in [0.717, 1.165) is 27.7 Å². The predicted octanol–water partition coefficient (Wildman–Crippen LogP) is 6.63. The van der Waals surface area contributed by atoms with E-state index in [9.17, 15) is 0 Å². The third-order valence-corrected chi connectivity index (χ3v) is 5.04. The quantitative estimate of drug-likeness (QED) is 0.397. The van der Waals surface area contributed by atoms with E-state index in [1.807, 2.05) is 12.1 Å². The molecule has 0 unspecified atom stereocenters. The van der Waals surface area contributed by atoms with E-state index in [0.29, 0.717) is 12.5 Å². The summed E-state index contributed by atoms with van der Waals surface area (Å²) in [6.07, 6.45) is 0. The molecular weight excluding hydrogens is 342 g/mol. The van der Waals surface area contributed by atoms with E-state index in [1.165, 1.54) is 16.7 Å². The molecule has 0 radical (unpaired) electrons. The molecular formula is C26H25NO. The minimum Gasteiger partial charge on any atom is -0.456 e. The van der Waals surface area contributed by atoms with Crippen LogP contribution in [0, 0.1) is 6.92 Å². The van der Waals surface area contributed by atoms with Gasteiger partial charge in [0.15, 0.2) is 0 Å². The van der Waals surface area contributed by atoms with Gasteiger partial charge >= 0.3 is 0 Å². The lowest BCUT2D eigenvalue weighted by Crippen LogP contribution is -2.05. The summed E-state index contributed by atoms with van der Waals surface area (Å²) in [6.45, 7) is 7.16. The molecule has 1 heterocycles. The highest BCUT2D eigenvalue weighted by atomic mass is 16.3. The molecule has 0 aliphatic carbocycles. The molecule has 0 saturated carbocycles. The van der Waals surface area contributed by atoms with Crippen molar-refractivity contribution in [2.75, 3.05) is 0 Å². The summed E-state index contributed by atoms with van der Waals surface area (Å²) < 4.78 is 6.24. The average molecular weight is 367 g/mol. The van der Waals surface area contributed by atoms with E-state index < -0.39 is 0 Å². The van der Waals surface area contributed by atoms with Crippen LogP contribution in [0.5, 0.6) is 0 Å². The second-order valence-corrected chi connectivity index (χ2v) is 7.57. The number of hydrogen-bond acceptors (Lipinski definition) is 2. The number of aryl methyl sites for hydroxylation is 1. The fourth-order valence-electron chi connectivity index (χ4n) is 3.35. The monoisotopic (exact) mass is 367 g/mol. The van der Waals surface area contributed by atoms with Crippen LogP contribution in [0.4, 0.5) is 0 Å². The molecule has 1 aromatic heterocycles. The summed E-state index contributed by atoms with van der Waals surface area (Å²) in [7, 11) is 0. The van der Waals surface area contributed by atoms with E-state index in [2.05, 4.69) is 87.5 Å². The lowest BCUT2D eigenvalue weighted by atomic mass is 10.0.